The van der Waals surface area contributed by atoms with Gasteiger partial charge < -0.3 is 4.74 Å². The highest BCUT2D eigenvalue weighted by Crippen LogP contribution is 2.17. The zero-order valence-electron chi connectivity index (χ0n) is 15.0. The monoisotopic (exact) mass is 355 g/mol. The number of ether oxygens (including phenoxy) is 1. The summed E-state index contributed by atoms with van der Waals surface area (Å²) in [6.45, 7) is 5.47. The van der Waals surface area contributed by atoms with Crippen LogP contribution >= 0.6 is 0 Å². The summed E-state index contributed by atoms with van der Waals surface area (Å²) >= 11 is 0. The van der Waals surface area contributed by atoms with Gasteiger partial charge in [-0.2, -0.15) is 10.1 Å². The highest BCUT2D eigenvalue weighted by atomic mass is 16.6. The zero-order chi connectivity index (χ0) is 19.2. The molecule has 0 heterocycles. The van der Waals surface area contributed by atoms with E-state index in [1.807, 2.05) is 30.3 Å². The SMILES string of the molecule is CC(C)(C)OC(=O)N(Cc1ccccc1)/N=C/c1ccccc1[N+](=O)[O-]. The Hall–Kier alpha value is -3.22. The Balaban J connectivity index is 2.29. The van der Waals surface area contributed by atoms with Gasteiger partial charge in [-0.25, -0.2) is 4.79 Å². The summed E-state index contributed by atoms with van der Waals surface area (Å²) in [6.07, 6.45) is 0.668. The lowest BCUT2D eigenvalue weighted by molar-refractivity contribution is -0.385. The highest BCUT2D eigenvalue weighted by Gasteiger charge is 2.22. The molecule has 0 aromatic heterocycles. The second-order valence-electron chi connectivity index (χ2n) is 6.58. The first-order valence-electron chi connectivity index (χ1n) is 8.08. The number of benzene rings is 2. The van der Waals surface area contributed by atoms with Crippen molar-refractivity contribution in [3.05, 3.63) is 75.8 Å². The maximum atomic E-state index is 12.5. The van der Waals surface area contributed by atoms with Gasteiger partial charge in [-0.05, 0) is 32.4 Å². The number of nitro groups is 1. The molecule has 7 heteroatoms. The van der Waals surface area contributed by atoms with Gasteiger partial charge in [-0.15, -0.1) is 0 Å². The Kier molecular flexibility index (Phi) is 6.06. The van der Waals surface area contributed by atoms with Crippen LogP contribution in [0.15, 0.2) is 59.7 Å². The Bertz CT molecular complexity index is 798. The standard InChI is InChI=1S/C19H21N3O4/c1-19(2,3)26-18(23)21(14-15-9-5-4-6-10-15)20-13-16-11-7-8-12-17(16)22(24)25/h4-13H,14H2,1-3H3/b20-13+. The van der Waals surface area contributed by atoms with Crippen molar-refractivity contribution in [2.45, 2.75) is 32.9 Å². The molecule has 0 atom stereocenters. The van der Waals surface area contributed by atoms with Crippen molar-refractivity contribution >= 4 is 18.0 Å². The van der Waals surface area contributed by atoms with E-state index in [2.05, 4.69) is 5.10 Å². The van der Waals surface area contributed by atoms with Crippen LogP contribution in [0, 0.1) is 10.1 Å². The quantitative estimate of drug-likeness (QED) is 0.453. The van der Waals surface area contributed by atoms with E-state index in [0.29, 0.717) is 5.56 Å². The molecule has 0 aliphatic heterocycles. The topological polar surface area (TPSA) is 85.0 Å². The molecule has 0 aliphatic carbocycles. The molecule has 0 saturated carbocycles. The number of carbonyl (C=O) groups is 1. The predicted octanol–water partition coefficient (Wildman–Crippen LogP) is 4.37. The summed E-state index contributed by atoms with van der Waals surface area (Å²) in [7, 11) is 0. The van der Waals surface area contributed by atoms with Crippen LogP contribution in [0.25, 0.3) is 0 Å². The van der Waals surface area contributed by atoms with Crippen LogP contribution in [0.4, 0.5) is 10.5 Å². The number of hydrazone groups is 1. The summed E-state index contributed by atoms with van der Waals surface area (Å²) in [5.74, 6) is 0. The smallest absolute Gasteiger partial charge is 0.431 e. The first kappa shape index (κ1) is 19.1. The Morgan fingerprint density at radius 1 is 1.15 bits per heavy atom. The van der Waals surface area contributed by atoms with Crippen LogP contribution in [0.1, 0.15) is 31.9 Å². The van der Waals surface area contributed by atoms with Crippen LogP contribution in [0.2, 0.25) is 0 Å². The molecule has 0 saturated heterocycles. The third kappa shape index (κ3) is 5.70. The van der Waals surface area contributed by atoms with Crippen LogP contribution < -0.4 is 0 Å². The zero-order valence-corrected chi connectivity index (χ0v) is 15.0. The predicted molar refractivity (Wildman–Crippen MR) is 98.9 cm³/mol. The number of amides is 1. The summed E-state index contributed by atoms with van der Waals surface area (Å²) < 4.78 is 5.38. The van der Waals surface area contributed by atoms with Gasteiger partial charge in [0.2, 0.25) is 0 Å². The first-order valence-corrected chi connectivity index (χ1v) is 8.08. The van der Waals surface area contributed by atoms with Crippen LogP contribution in [-0.2, 0) is 11.3 Å². The highest BCUT2D eigenvalue weighted by molar-refractivity contribution is 5.86. The van der Waals surface area contributed by atoms with Gasteiger partial charge in [0, 0.05) is 6.07 Å². The molecule has 0 bridgehead atoms. The fourth-order valence-electron chi connectivity index (χ4n) is 2.12. The van der Waals surface area contributed by atoms with Gasteiger partial charge in [-0.1, -0.05) is 42.5 Å². The van der Waals surface area contributed by atoms with Crippen molar-refractivity contribution < 1.29 is 14.5 Å². The van der Waals surface area contributed by atoms with Crippen molar-refractivity contribution in [2.24, 2.45) is 5.10 Å². The largest absolute Gasteiger partial charge is 0.442 e. The molecule has 2 rings (SSSR count). The molecule has 0 unspecified atom stereocenters. The van der Waals surface area contributed by atoms with Crippen LogP contribution in [-0.4, -0.2) is 27.8 Å². The maximum Gasteiger partial charge on any atom is 0.431 e. The van der Waals surface area contributed by atoms with Crippen LogP contribution in [0.3, 0.4) is 0 Å². The van der Waals surface area contributed by atoms with Crippen molar-refractivity contribution in [3.63, 3.8) is 0 Å². The lowest BCUT2D eigenvalue weighted by Gasteiger charge is -2.24. The van der Waals surface area contributed by atoms with Gasteiger partial charge >= 0.3 is 6.09 Å². The summed E-state index contributed by atoms with van der Waals surface area (Å²) in [5, 5.41) is 16.4. The van der Waals surface area contributed by atoms with E-state index in [4.69, 9.17) is 4.74 Å². The van der Waals surface area contributed by atoms with Crippen molar-refractivity contribution in [3.8, 4) is 0 Å². The van der Waals surface area contributed by atoms with E-state index < -0.39 is 16.6 Å². The molecular formula is C19H21N3O4. The second kappa shape index (κ2) is 8.24. The number of nitro benzene ring substituents is 1. The third-order valence-electron chi connectivity index (χ3n) is 3.25. The molecular weight excluding hydrogens is 334 g/mol. The molecule has 1 amide bonds. The van der Waals surface area contributed by atoms with E-state index in [1.54, 1.807) is 39.0 Å². The average Bonchev–Trinajstić information content (AvgIpc) is 2.58. The number of rotatable bonds is 5. The fourth-order valence-corrected chi connectivity index (χ4v) is 2.12. The Morgan fingerprint density at radius 3 is 2.38 bits per heavy atom. The molecule has 0 N–H and O–H groups in total. The lowest BCUT2D eigenvalue weighted by Crippen LogP contribution is -2.33. The molecule has 136 valence electrons. The molecule has 2 aromatic rings. The number of carbonyl (C=O) groups excluding carboxylic acids is 1. The minimum Gasteiger partial charge on any atom is -0.442 e. The van der Waals surface area contributed by atoms with Crippen LogP contribution in [0.5, 0.6) is 0 Å². The number of hydrogen-bond acceptors (Lipinski definition) is 5. The van der Waals surface area contributed by atoms with Gasteiger partial charge in [0.15, 0.2) is 0 Å². The maximum absolute atomic E-state index is 12.5. The number of para-hydroxylation sites is 1. The minimum absolute atomic E-state index is 0.0832. The minimum atomic E-state index is -0.680. The van der Waals surface area contributed by atoms with E-state index in [0.717, 1.165) is 10.6 Å². The Labute approximate surface area is 152 Å². The first-order chi connectivity index (χ1) is 12.3. The van der Waals surface area contributed by atoms with Gasteiger partial charge in [-0.3, -0.25) is 10.1 Å². The third-order valence-corrected chi connectivity index (χ3v) is 3.25. The molecule has 0 aliphatic rings. The van der Waals surface area contributed by atoms with E-state index in [9.17, 15) is 14.9 Å². The van der Waals surface area contributed by atoms with Gasteiger partial charge in [0.1, 0.15) is 5.60 Å². The summed E-state index contributed by atoms with van der Waals surface area (Å²) in [6, 6.07) is 15.5. The molecule has 7 nitrogen and oxygen atoms in total. The second-order valence-corrected chi connectivity index (χ2v) is 6.58. The molecule has 26 heavy (non-hydrogen) atoms. The molecule has 0 fully saturated rings. The van der Waals surface area contributed by atoms with Crippen molar-refractivity contribution in [2.75, 3.05) is 0 Å². The molecule has 2 aromatic carbocycles. The summed E-state index contributed by atoms with van der Waals surface area (Å²) in [5.41, 5.74) is 0.401. The van der Waals surface area contributed by atoms with E-state index in [1.165, 1.54) is 12.3 Å². The van der Waals surface area contributed by atoms with Crippen molar-refractivity contribution in [1.82, 2.24) is 5.01 Å². The number of hydrogen-bond donors (Lipinski definition) is 0. The van der Waals surface area contributed by atoms with Crippen molar-refractivity contribution in [1.29, 1.82) is 0 Å². The molecule has 0 spiro atoms. The number of nitrogens with zero attached hydrogens (tertiary/aromatic N) is 3. The van der Waals surface area contributed by atoms with E-state index in [-0.39, 0.29) is 12.2 Å². The normalized spacial score (nSPS) is 11.3. The summed E-state index contributed by atoms with van der Waals surface area (Å²) in [4.78, 5) is 23.1. The fraction of sp³-hybridized carbons (Fsp3) is 0.263. The Morgan fingerprint density at radius 2 is 1.77 bits per heavy atom. The lowest BCUT2D eigenvalue weighted by atomic mass is 10.2. The van der Waals surface area contributed by atoms with Gasteiger partial charge in [0.25, 0.3) is 5.69 Å². The van der Waals surface area contributed by atoms with E-state index >= 15 is 0 Å². The average molecular weight is 355 g/mol. The molecule has 0 radical (unpaired) electrons. The van der Waals surface area contributed by atoms with Gasteiger partial charge in [0.05, 0.1) is 23.2 Å².